The molecule has 2 aromatic heterocycles. The van der Waals surface area contributed by atoms with E-state index in [-0.39, 0.29) is 0 Å². The molecule has 0 atom stereocenters. The van der Waals surface area contributed by atoms with Crippen LogP contribution in [0.1, 0.15) is 27.7 Å². The molecule has 0 aliphatic carbocycles. The quantitative estimate of drug-likeness (QED) is 0.515. The van der Waals surface area contributed by atoms with E-state index in [1.165, 1.54) is 21.8 Å². The number of nitrogens with zero attached hydrogens (tertiary/aromatic N) is 1. The molecule has 4 aromatic rings. The van der Waals surface area contributed by atoms with Crippen LogP contribution in [0.25, 0.3) is 27.5 Å². The molecule has 0 saturated heterocycles. The zero-order valence-corrected chi connectivity index (χ0v) is 16.9. The zero-order valence-electron chi connectivity index (χ0n) is 16.1. The Labute approximate surface area is 164 Å². The van der Waals surface area contributed by atoms with Crippen LogP contribution in [0.4, 0.5) is 0 Å². The summed E-state index contributed by atoms with van der Waals surface area (Å²) >= 11 is 1.63. The van der Waals surface area contributed by atoms with Crippen molar-refractivity contribution in [2.75, 3.05) is 0 Å². The highest BCUT2D eigenvalue weighted by atomic mass is 32.1. The van der Waals surface area contributed by atoms with Crippen molar-refractivity contribution in [1.82, 2.24) is 4.57 Å². The average molecular weight is 376 g/mol. The Bertz CT molecular complexity index is 1050. The summed E-state index contributed by atoms with van der Waals surface area (Å²) in [5.41, 5.74) is 1.79. The normalized spacial score (nSPS) is 12.8. The molecule has 0 amide bonds. The lowest BCUT2D eigenvalue weighted by Crippen LogP contribution is -2.49. The van der Waals surface area contributed by atoms with Gasteiger partial charge in [-0.1, -0.05) is 36.4 Å². The van der Waals surface area contributed by atoms with Crippen molar-refractivity contribution in [3.05, 3.63) is 60.0 Å². The first-order chi connectivity index (χ1) is 12.8. The highest BCUT2D eigenvalue weighted by Crippen LogP contribution is 2.32. The summed E-state index contributed by atoms with van der Waals surface area (Å²) < 4.78 is 9.34. The summed E-state index contributed by atoms with van der Waals surface area (Å²) in [4.78, 5) is 0. The van der Waals surface area contributed by atoms with Crippen molar-refractivity contribution in [1.29, 1.82) is 0 Å². The first kappa shape index (κ1) is 18.3. The maximum atomic E-state index is 10.4. The van der Waals surface area contributed by atoms with Crippen LogP contribution in [0, 0.1) is 0 Å². The molecule has 4 rings (SSSR count). The molecule has 137 valence electrons. The Morgan fingerprint density at radius 3 is 2.00 bits per heavy atom. The molecule has 2 aromatic carbocycles. The van der Waals surface area contributed by atoms with Gasteiger partial charge in [-0.05, 0) is 51.3 Å². The molecule has 27 heavy (non-hydrogen) atoms. The molecule has 5 heteroatoms. The first-order valence-electron chi connectivity index (χ1n) is 9.09. The molecule has 3 nitrogen and oxygen atoms in total. The Hall–Kier alpha value is -2.08. The number of rotatable bonds is 5. The highest BCUT2D eigenvalue weighted by molar-refractivity contribution is 7.20. The average Bonchev–Trinajstić information content (AvgIpc) is 3.21. The molecule has 0 unspecified atom stereocenters. The predicted molar refractivity (Wildman–Crippen MR) is 116 cm³/mol. The third-order valence-corrected chi connectivity index (χ3v) is 6.26. The van der Waals surface area contributed by atoms with E-state index in [1.807, 2.05) is 13.8 Å². The van der Waals surface area contributed by atoms with Crippen LogP contribution >= 0.6 is 11.3 Å². The van der Waals surface area contributed by atoms with Crippen molar-refractivity contribution in [3.63, 3.8) is 0 Å². The van der Waals surface area contributed by atoms with Gasteiger partial charge in [-0.3, -0.25) is 0 Å². The second-order valence-electron chi connectivity index (χ2n) is 7.84. The van der Waals surface area contributed by atoms with Gasteiger partial charge in [-0.2, -0.15) is 11.3 Å². The van der Waals surface area contributed by atoms with E-state index in [4.69, 9.17) is 4.65 Å². The number of para-hydroxylation sites is 2. The van der Waals surface area contributed by atoms with Crippen molar-refractivity contribution in [2.24, 2.45) is 0 Å². The molecule has 1 radical (unpaired) electrons. The largest absolute Gasteiger partial charge is 0.426 e. The minimum Gasteiger partial charge on any atom is -0.426 e. The number of hydrogen-bond donors (Lipinski definition) is 1. The molecule has 0 fully saturated rings. The fourth-order valence-electron chi connectivity index (χ4n) is 3.11. The molecule has 1 N–H and O–H groups in total. The van der Waals surface area contributed by atoms with E-state index in [1.54, 1.807) is 32.7 Å². The van der Waals surface area contributed by atoms with E-state index in [2.05, 4.69) is 64.5 Å². The second-order valence-corrected chi connectivity index (χ2v) is 8.79. The molecule has 0 spiro atoms. The van der Waals surface area contributed by atoms with Gasteiger partial charge in [0.1, 0.15) is 0 Å². The van der Waals surface area contributed by atoms with Gasteiger partial charge in [-0.15, -0.1) is 0 Å². The maximum absolute atomic E-state index is 10.4. The van der Waals surface area contributed by atoms with Crippen LogP contribution in [0.5, 0.6) is 0 Å². The van der Waals surface area contributed by atoms with Gasteiger partial charge in [0.2, 0.25) is 0 Å². The Morgan fingerprint density at radius 1 is 0.889 bits per heavy atom. The third kappa shape index (κ3) is 3.10. The summed E-state index contributed by atoms with van der Waals surface area (Å²) in [6, 6.07) is 19.1. The molecule has 0 saturated carbocycles. The summed E-state index contributed by atoms with van der Waals surface area (Å²) in [6.45, 7) is 7.33. The lowest BCUT2D eigenvalue weighted by atomic mass is 9.85. The highest BCUT2D eigenvalue weighted by Gasteiger charge is 2.36. The van der Waals surface area contributed by atoms with E-state index in [0.717, 1.165) is 10.5 Å². The third-order valence-electron chi connectivity index (χ3n) is 5.43. The summed E-state index contributed by atoms with van der Waals surface area (Å²) in [6.07, 6.45) is 0. The minimum absolute atomic E-state index is 0.699. The number of hydrogen-bond acceptors (Lipinski definition) is 3. The van der Waals surface area contributed by atoms with Crippen molar-refractivity contribution < 1.29 is 9.76 Å². The van der Waals surface area contributed by atoms with E-state index in [9.17, 15) is 5.11 Å². The summed E-state index contributed by atoms with van der Waals surface area (Å²) in [7, 11) is 1.78. The van der Waals surface area contributed by atoms with E-state index < -0.39 is 11.2 Å². The number of benzene rings is 2. The summed E-state index contributed by atoms with van der Waals surface area (Å²) in [5, 5.41) is 14.9. The minimum atomic E-state index is -0.951. The maximum Gasteiger partial charge on any atom is 0.343 e. The molecule has 0 aliphatic heterocycles. The number of aliphatic hydroxyl groups is 1. The van der Waals surface area contributed by atoms with Crippen LogP contribution in [0.15, 0.2) is 60.0 Å². The van der Waals surface area contributed by atoms with Gasteiger partial charge in [0.25, 0.3) is 0 Å². The smallest absolute Gasteiger partial charge is 0.343 e. The van der Waals surface area contributed by atoms with Gasteiger partial charge in [-0.25, -0.2) is 0 Å². The second kappa shape index (κ2) is 6.52. The molecular formula is C22H23BNO2S. The zero-order chi connectivity index (χ0) is 19.2. The van der Waals surface area contributed by atoms with Crippen molar-refractivity contribution >= 4 is 45.4 Å². The van der Waals surface area contributed by atoms with Crippen LogP contribution in [-0.4, -0.2) is 28.4 Å². The Balaban J connectivity index is 1.81. The van der Waals surface area contributed by atoms with Crippen LogP contribution < -0.4 is 4.78 Å². The van der Waals surface area contributed by atoms with E-state index in [0.29, 0.717) is 0 Å². The molecule has 2 heterocycles. The van der Waals surface area contributed by atoms with Crippen LogP contribution in [0.2, 0.25) is 0 Å². The lowest BCUT2D eigenvalue weighted by molar-refractivity contribution is -0.0892. The first-order valence-corrected chi connectivity index (χ1v) is 9.97. The van der Waals surface area contributed by atoms with Crippen molar-refractivity contribution in [3.8, 4) is 5.69 Å². The topological polar surface area (TPSA) is 34.4 Å². The number of aromatic nitrogens is 1. The van der Waals surface area contributed by atoms with Gasteiger partial charge in [0.15, 0.2) is 0 Å². The standard InChI is InChI=1S/C22H23BNO2S/c1-21(2,25)22(3,4)26-23-20-19(13-14-27-20)24-17-11-7-5-9-15(17)16-10-6-8-12-18(16)24/h5-14,25H,1-4H3. The molecular weight excluding hydrogens is 353 g/mol. The Morgan fingerprint density at radius 2 is 1.44 bits per heavy atom. The number of fused-ring (bicyclic) bond motifs is 3. The molecule has 0 bridgehead atoms. The monoisotopic (exact) mass is 376 g/mol. The summed E-state index contributed by atoms with van der Waals surface area (Å²) in [5.74, 6) is 0. The van der Waals surface area contributed by atoms with Gasteiger partial charge >= 0.3 is 7.48 Å². The van der Waals surface area contributed by atoms with Gasteiger partial charge < -0.3 is 14.3 Å². The van der Waals surface area contributed by atoms with Crippen molar-refractivity contribution in [2.45, 2.75) is 38.9 Å². The molecule has 0 aliphatic rings. The van der Waals surface area contributed by atoms with Crippen LogP contribution in [-0.2, 0) is 4.65 Å². The fraction of sp³-hybridized carbons (Fsp3) is 0.273. The van der Waals surface area contributed by atoms with Gasteiger partial charge in [0.05, 0.1) is 27.9 Å². The van der Waals surface area contributed by atoms with Crippen LogP contribution in [0.3, 0.4) is 0 Å². The Kier molecular flexibility index (Phi) is 4.42. The lowest BCUT2D eigenvalue weighted by Gasteiger charge is -2.37. The van der Waals surface area contributed by atoms with E-state index >= 15 is 0 Å². The SMILES string of the molecule is CC(C)(O)C(C)(C)O[B]c1sccc1-n1c2ccccc2c2ccccc21. The number of thiophene rings is 1. The van der Waals surface area contributed by atoms with Gasteiger partial charge in [0, 0.05) is 15.5 Å². The fourth-order valence-corrected chi connectivity index (χ4v) is 3.84. The predicted octanol–water partition coefficient (Wildman–Crippen LogP) is 4.66.